The van der Waals surface area contributed by atoms with Crippen molar-refractivity contribution in [1.82, 2.24) is 19.5 Å². The second-order valence-corrected chi connectivity index (χ2v) is 10.3. The molecule has 1 amide bonds. The van der Waals surface area contributed by atoms with Gasteiger partial charge in [0.2, 0.25) is 17.8 Å². The fourth-order valence-electron chi connectivity index (χ4n) is 4.94. The molecule has 1 aromatic carbocycles. The predicted molar refractivity (Wildman–Crippen MR) is 133 cm³/mol. The number of hydrogen-bond donors (Lipinski definition) is 3. The van der Waals surface area contributed by atoms with Gasteiger partial charge >= 0.3 is 0 Å². The van der Waals surface area contributed by atoms with E-state index in [0.717, 1.165) is 12.1 Å². The molecule has 3 aromatic rings. The molecule has 9 nitrogen and oxygen atoms in total. The summed E-state index contributed by atoms with van der Waals surface area (Å²) >= 11 is 5.78. The number of ether oxygens (including phenoxy) is 1. The fourth-order valence-corrected chi connectivity index (χ4v) is 5.14. The lowest BCUT2D eigenvalue weighted by Crippen LogP contribution is -2.39. The largest absolute Gasteiger partial charge is 0.378 e. The minimum absolute atomic E-state index is 0.00909. The number of rotatable bonds is 6. The number of alkyl halides is 1. The predicted octanol–water partition coefficient (Wildman–Crippen LogP) is 4.65. The number of imidazole rings is 1. The van der Waals surface area contributed by atoms with E-state index < -0.39 is 35.0 Å². The van der Waals surface area contributed by atoms with E-state index in [1.165, 1.54) is 6.20 Å². The summed E-state index contributed by atoms with van der Waals surface area (Å²) in [4.78, 5) is 25.4. The number of nitrogens with one attached hydrogen (secondary N) is 2. The van der Waals surface area contributed by atoms with Crippen molar-refractivity contribution in [2.45, 2.75) is 57.3 Å². The van der Waals surface area contributed by atoms with Gasteiger partial charge in [-0.1, -0.05) is 18.5 Å². The van der Waals surface area contributed by atoms with Gasteiger partial charge in [-0.15, -0.1) is 0 Å². The van der Waals surface area contributed by atoms with Gasteiger partial charge in [0.15, 0.2) is 17.3 Å². The quantitative estimate of drug-likeness (QED) is 0.419. The van der Waals surface area contributed by atoms with Gasteiger partial charge in [0, 0.05) is 23.1 Å². The Labute approximate surface area is 215 Å². The van der Waals surface area contributed by atoms with Crippen LogP contribution in [0.1, 0.15) is 45.1 Å². The van der Waals surface area contributed by atoms with Gasteiger partial charge in [0.05, 0.1) is 18.8 Å². The fraction of sp³-hybridized carbons (Fsp3) is 0.500. The van der Waals surface area contributed by atoms with Crippen molar-refractivity contribution in [2.75, 3.05) is 23.8 Å². The summed E-state index contributed by atoms with van der Waals surface area (Å²) < 4.78 is 50.5. The van der Waals surface area contributed by atoms with E-state index in [-0.39, 0.29) is 35.5 Å². The number of benzene rings is 1. The van der Waals surface area contributed by atoms with Crippen LogP contribution < -0.4 is 16.4 Å². The highest BCUT2D eigenvalue weighted by Crippen LogP contribution is 2.43. The van der Waals surface area contributed by atoms with Crippen LogP contribution in [0.25, 0.3) is 11.2 Å². The molecule has 5 rings (SSSR count). The maximum absolute atomic E-state index is 14.6. The number of amides is 1. The minimum Gasteiger partial charge on any atom is -0.378 e. The van der Waals surface area contributed by atoms with Gasteiger partial charge in [-0.05, 0) is 44.2 Å². The van der Waals surface area contributed by atoms with E-state index in [2.05, 4.69) is 25.6 Å². The third-order valence-electron chi connectivity index (χ3n) is 7.30. The Bertz CT molecular complexity index is 1310. The molecule has 1 aliphatic heterocycles. The zero-order valence-corrected chi connectivity index (χ0v) is 20.9. The smallest absolute Gasteiger partial charge is 0.225 e. The summed E-state index contributed by atoms with van der Waals surface area (Å²) in [5.41, 5.74) is 5.36. The Balaban J connectivity index is 1.54. The summed E-state index contributed by atoms with van der Waals surface area (Å²) in [6.07, 6.45) is 2.89. The van der Waals surface area contributed by atoms with E-state index in [4.69, 9.17) is 22.1 Å². The van der Waals surface area contributed by atoms with Crippen LogP contribution in [-0.4, -0.2) is 50.9 Å². The first-order chi connectivity index (χ1) is 17.6. The van der Waals surface area contributed by atoms with Gasteiger partial charge in [-0.2, -0.15) is 4.98 Å². The number of nitrogens with two attached hydrogens (primary N) is 1. The Morgan fingerprint density at radius 2 is 1.92 bits per heavy atom. The molecule has 0 spiro atoms. The Morgan fingerprint density at radius 3 is 2.57 bits per heavy atom. The second kappa shape index (κ2) is 9.97. The average Bonchev–Trinajstić information content (AvgIpc) is 3.20. The van der Waals surface area contributed by atoms with Crippen molar-refractivity contribution in [3.8, 4) is 0 Å². The number of nitrogens with zero attached hydrogens (tertiary/aromatic N) is 4. The third-order valence-corrected chi connectivity index (χ3v) is 7.51. The lowest BCUT2D eigenvalue weighted by atomic mass is 9.73. The van der Waals surface area contributed by atoms with Crippen molar-refractivity contribution < 1.29 is 22.7 Å². The zero-order valence-electron chi connectivity index (χ0n) is 20.1. The molecule has 1 aliphatic carbocycles. The van der Waals surface area contributed by atoms with Crippen LogP contribution in [0.2, 0.25) is 5.02 Å². The normalized spacial score (nSPS) is 26.2. The molecule has 0 unspecified atom stereocenters. The highest BCUT2D eigenvalue weighted by atomic mass is 35.5. The highest BCUT2D eigenvalue weighted by molar-refractivity contribution is 6.30. The highest BCUT2D eigenvalue weighted by Gasteiger charge is 2.38. The number of anilines is 3. The monoisotopic (exact) mass is 537 g/mol. The maximum atomic E-state index is 14.6. The second-order valence-electron chi connectivity index (χ2n) is 9.86. The molecule has 0 radical (unpaired) electrons. The Morgan fingerprint density at radius 1 is 1.22 bits per heavy atom. The molecule has 3 heterocycles. The average molecular weight is 538 g/mol. The molecule has 2 atom stereocenters. The van der Waals surface area contributed by atoms with Crippen LogP contribution in [0, 0.1) is 17.0 Å². The number of hydrogen-bond acceptors (Lipinski definition) is 7. The molecule has 2 aromatic heterocycles. The van der Waals surface area contributed by atoms with E-state index in [0.29, 0.717) is 49.9 Å². The maximum Gasteiger partial charge on any atom is 0.225 e. The zero-order chi connectivity index (χ0) is 26.3. The van der Waals surface area contributed by atoms with Crippen LogP contribution >= 0.6 is 11.6 Å². The summed E-state index contributed by atoms with van der Waals surface area (Å²) in [7, 11) is 0. The minimum atomic E-state index is -1.21. The standard InChI is InChI=1S/C24H27ClF3N7O2/c1-24(21(29)36)5-2-13(3-6-24)35-20-18(10-30-22(34-20)31-17-4-7-37-11-16(17)28)32-23(35)33-19-14(26)8-12(25)9-15(19)27/h8-10,13,16-17H,2-7,11H2,1H3,(H2,29,36)(H,32,33)(H,30,31,34)/t13?,16-,17-,24?/m1/s1. The topological polar surface area (TPSA) is 120 Å². The lowest BCUT2D eigenvalue weighted by Gasteiger charge is -2.35. The van der Waals surface area contributed by atoms with Crippen LogP contribution in [0.3, 0.4) is 0 Å². The molecule has 0 bridgehead atoms. The SMILES string of the molecule is CC1(C(N)=O)CCC(n2c(Nc3c(F)cc(Cl)cc3F)nc3cnc(N[C@@H]4CCOC[C@H]4F)nc32)CC1. The van der Waals surface area contributed by atoms with Gasteiger partial charge in [-0.3, -0.25) is 9.36 Å². The van der Waals surface area contributed by atoms with Crippen LogP contribution in [0.4, 0.5) is 30.8 Å². The van der Waals surface area contributed by atoms with Gasteiger partial charge in [-0.25, -0.2) is 23.1 Å². The lowest BCUT2D eigenvalue weighted by molar-refractivity contribution is -0.128. The van der Waals surface area contributed by atoms with E-state index in [1.807, 2.05) is 6.92 Å². The molecule has 1 saturated carbocycles. The van der Waals surface area contributed by atoms with Crippen LogP contribution in [0.15, 0.2) is 18.3 Å². The summed E-state index contributed by atoms with van der Waals surface area (Å²) in [6.45, 7) is 2.25. The van der Waals surface area contributed by atoms with Crippen molar-refractivity contribution in [2.24, 2.45) is 11.1 Å². The molecular weight excluding hydrogens is 511 g/mol. The number of carbonyl (C=O) groups is 1. The Hall–Kier alpha value is -3.12. The van der Waals surface area contributed by atoms with E-state index >= 15 is 0 Å². The first-order valence-corrected chi connectivity index (χ1v) is 12.5. The first kappa shape index (κ1) is 25.5. The molecule has 1 saturated heterocycles. The van der Waals surface area contributed by atoms with Gasteiger partial charge in [0.25, 0.3) is 0 Å². The van der Waals surface area contributed by atoms with Crippen molar-refractivity contribution in [3.05, 3.63) is 35.0 Å². The molecule has 198 valence electrons. The number of primary amides is 1. The van der Waals surface area contributed by atoms with Gasteiger partial charge < -0.3 is 21.1 Å². The number of carbonyl (C=O) groups excluding carboxylic acids is 1. The summed E-state index contributed by atoms with van der Waals surface area (Å²) in [5, 5.41) is 5.72. The van der Waals surface area contributed by atoms with E-state index in [1.54, 1.807) is 4.57 Å². The number of fused-ring (bicyclic) bond motifs is 1. The number of halogens is 4. The van der Waals surface area contributed by atoms with Crippen LogP contribution in [0.5, 0.6) is 0 Å². The molecular formula is C24H27ClF3N7O2. The van der Waals surface area contributed by atoms with E-state index in [9.17, 15) is 18.0 Å². The third kappa shape index (κ3) is 5.04. The summed E-state index contributed by atoms with van der Waals surface area (Å²) in [6, 6.07) is 1.30. The first-order valence-electron chi connectivity index (χ1n) is 12.1. The molecule has 37 heavy (non-hydrogen) atoms. The molecule has 13 heteroatoms. The van der Waals surface area contributed by atoms with Crippen LogP contribution in [-0.2, 0) is 9.53 Å². The Kier molecular flexibility index (Phi) is 6.88. The molecule has 2 fully saturated rings. The molecule has 4 N–H and O–H groups in total. The molecule has 2 aliphatic rings. The number of aromatic nitrogens is 4. The van der Waals surface area contributed by atoms with Crippen molar-refractivity contribution >= 4 is 46.3 Å². The van der Waals surface area contributed by atoms with Gasteiger partial charge in [0.1, 0.15) is 17.4 Å². The van der Waals surface area contributed by atoms with Crippen molar-refractivity contribution in [1.29, 1.82) is 0 Å². The van der Waals surface area contributed by atoms with Crippen molar-refractivity contribution in [3.63, 3.8) is 0 Å². The summed E-state index contributed by atoms with van der Waals surface area (Å²) in [5.74, 6) is -1.76.